The van der Waals surface area contributed by atoms with E-state index in [0.29, 0.717) is 17.8 Å². The first kappa shape index (κ1) is 18.0. The molecule has 0 heterocycles. The molecule has 1 aliphatic carbocycles. The van der Waals surface area contributed by atoms with Gasteiger partial charge in [0, 0.05) is 0 Å². The van der Waals surface area contributed by atoms with E-state index in [2.05, 4.69) is 52.0 Å². The standard InChI is InChI=1S/C21H32O2/c1-15(2)18-10-6-9-17(14-18)11-12-19-16(3)8-7-13-21(19,4)20(22)23-5/h6,9-10,14-16,19H,7-8,11-13H2,1-5H3. The number of hydrogen-bond donors (Lipinski definition) is 0. The number of esters is 1. The maximum absolute atomic E-state index is 12.4. The van der Waals surface area contributed by atoms with Crippen LogP contribution < -0.4 is 0 Å². The third-order valence-electron chi connectivity index (χ3n) is 5.87. The summed E-state index contributed by atoms with van der Waals surface area (Å²) in [5, 5.41) is 0. The lowest BCUT2D eigenvalue weighted by Crippen LogP contribution is -2.43. The molecule has 0 saturated heterocycles. The summed E-state index contributed by atoms with van der Waals surface area (Å²) in [6.07, 6.45) is 5.42. The predicted octanol–water partition coefficient (Wildman–Crippen LogP) is 5.36. The number of hydrogen-bond acceptors (Lipinski definition) is 2. The Labute approximate surface area is 141 Å². The first-order valence-corrected chi connectivity index (χ1v) is 9.05. The van der Waals surface area contributed by atoms with Gasteiger partial charge in [-0.1, -0.05) is 57.9 Å². The Morgan fingerprint density at radius 2 is 2.13 bits per heavy atom. The highest BCUT2D eigenvalue weighted by Crippen LogP contribution is 2.47. The predicted molar refractivity (Wildman–Crippen MR) is 95.5 cm³/mol. The van der Waals surface area contributed by atoms with Crippen molar-refractivity contribution < 1.29 is 9.53 Å². The molecule has 1 saturated carbocycles. The molecule has 3 unspecified atom stereocenters. The van der Waals surface area contributed by atoms with Crippen molar-refractivity contribution in [3.8, 4) is 0 Å². The van der Waals surface area contributed by atoms with Crippen molar-refractivity contribution in [2.75, 3.05) is 7.11 Å². The van der Waals surface area contributed by atoms with Crippen LogP contribution in [0.1, 0.15) is 70.4 Å². The first-order valence-electron chi connectivity index (χ1n) is 9.05. The molecule has 0 spiro atoms. The third kappa shape index (κ3) is 3.97. The minimum absolute atomic E-state index is 0.0232. The number of carbonyl (C=O) groups is 1. The summed E-state index contributed by atoms with van der Waals surface area (Å²) in [5.41, 5.74) is 2.47. The first-order chi connectivity index (χ1) is 10.9. The van der Waals surface area contributed by atoms with Gasteiger partial charge in [-0.25, -0.2) is 0 Å². The minimum Gasteiger partial charge on any atom is -0.469 e. The van der Waals surface area contributed by atoms with Crippen LogP contribution >= 0.6 is 0 Å². The molecule has 1 aromatic rings. The molecular formula is C21H32O2. The van der Waals surface area contributed by atoms with Crippen LogP contribution in [-0.4, -0.2) is 13.1 Å². The number of ether oxygens (including phenoxy) is 1. The van der Waals surface area contributed by atoms with Gasteiger partial charge in [0.2, 0.25) is 0 Å². The molecule has 0 radical (unpaired) electrons. The van der Waals surface area contributed by atoms with Crippen molar-refractivity contribution >= 4 is 5.97 Å². The summed E-state index contributed by atoms with van der Waals surface area (Å²) in [4.78, 5) is 12.4. The molecule has 1 fully saturated rings. The minimum atomic E-state index is -0.317. The highest BCUT2D eigenvalue weighted by molar-refractivity contribution is 5.76. The van der Waals surface area contributed by atoms with E-state index in [0.717, 1.165) is 25.7 Å². The average Bonchev–Trinajstić information content (AvgIpc) is 2.53. The normalized spacial score (nSPS) is 27.9. The van der Waals surface area contributed by atoms with E-state index in [4.69, 9.17) is 4.74 Å². The molecular weight excluding hydrogens is 284 g/mol. The van der Waals surface area contributed by atoms with Gasteiger partial charge in [0.15, 0.2) is 0 Å². The van der Waals surface area contributed by atoms with Gasteiger partial charge < -0.3 is 4.74 Å². The number of aryl methyl sites for hydroxylation is 1. The molecule has 2 rings (SSSR count). The fourth-order valence-electron chi connectivity index (χ4n) is 4.33. The monoisotopic (exact) mass is 316 g/mol. The number of benzene rings is 1. The summed E-state index contributed by atoms with van der Waals surface area (Å²) in [7, 11) is 1.52. The topological polar surface area (TPSA) is 26.3 Å². The quantitative estimate of drug-likeness (QED) is 0.684. The zero-order valence-corrected chi connectivity index (χ0v) is 15.4. The summed E-state index contributed by atoms with van der Waals surface area (Å²) >= 11 is 0. The van der Waals surface area contributed by atoms with Crippen LogP contribution in [0.5, 0.6) is 0 Å². The molecule has 128 valence electrons. The smallest absolute Gasteiger partial charge is 0.311 e. The van der Waals surface area contributed by atoms with Crippen LogP contribution in [0.2, 0.25) is 0 Å². The van der Waals surface area contributed by atoms with Crippen molar-refractivity contribution in [3.05, 3.63) is 35.4 Å². The van der Waals surface area contributed by atoms with Crippen molar-refractivity contribution in [1.29, 1.82) is 0 Å². The Bertz CT molecular complexity index is 534. The van der Waals surface area contributed by atoms with E-state index in [1.54, 1.807) is 0 Å². The van der Waals surface area contributed by atoms with Crippen molar-refractivity contribution in [3.63, 3.8) is 0 Å². The molecule has 0 bridgehead atoms. The van der Waals surface area contributed by atoms with Gasteiger partial charge in [-0.2, -0.15) is 0 Å². The van der Waals surface area contributed by atoms with Crippen LogP contribution in [0, 0.1) is 17.3 Å². The summed E-state index contributed by atoms with van der Waals surface area (Å²) in [6.45, 7) is 8.88. The largest absolute Gasteiger partial charge is 0.469 e. The molecule has 1 aliphatic rings. The van der Waals surface area contributed by atoms with Crippen LogP contribution in [0.15, 0.2) is 24.3 Å². The van der Waals surface area contributed by atoms with Gasteiger partial charge in [0.25, 0.3) is 0 Å². The second-order valence-corrected chi connectivity index (χ2v) is 7.82. The Balaban J connectivity index is 2.12. The lowest BCUT2D eigenvalue weighted by atomic mass is 9.61. The van der Waals surface area contributed by atoms with Gasteiger partial charge in [-0.05, 0) is 55.1 Å². The lowest BCUT2D eigenvalue weighted by Gasteiger charge is -2.43. The SMILES string of the molecule is COC(=O)C1(C)CCCC(C)C1CCc1cccc(C(C)C)c1. The van der Waals surface area contributed by atoms with Crippen molar-refractivity contribution in [2.45, 2.75) is 65.7 Å². The van der Waals surface area contributed by atoms with Crippen LogP contribution in [0.3, 0.4) is 0 Å². The molecule has 0 aliphatic heterocycles. The van der Waals surface area contributed by atoms with Gasteiger partial charge >= 0.3 is 5.97 Å². The average molecular weight is 316 g/mol. The van der Waals surface area contributed by atoms with E-state index >= 15 is 0 Å². The van der Waals surface area contributed by atoms with E-state index in [-0.39, 0.29) is 11.4 Å². The second-order valence-electron chi connectivity index (χ2n) is 7.82. The van der Waals surface area contributed by atoms with Gasteiger partial charge in [-0.15, -0.1) is 0 Å². The molecule has 2 nitrogen and oxygen atoms in total. The Morgan fingerprint density at radius 3 is 2.78 bits per heavy atom. The Kier molecular flexibility index (Phi) is 5.89. The van der Waals surface area contributed by atoms with Crippen molar-refractivity contribution in [1.82, 2.24) is 0 Å². The molecule has 0 amide bonds. The third-order valence-corrected chi connectivity index (χ3v) is 5.87. The Hall–Kier alpha value is -1.31. The molecule has 2 heteroatoms. The number of methoxy groups -OCH3 is 1. The molecule has 1 aromatic carbocycles. The van der Waals surface area contributed by atoms with E-state index in [1.165, 1.54) is 24.7 Å². The van der Waals surface area contributed by atoms with Crippen LogP contribution in [-0.2, 0) is 16.0 Å². The zero-order chi connectivity index (χ0) is 17.0. The fourth-order valence-corrected chi connectivity index (χ4v) is 4.33. The van der Waals surface area contributed by atoms with E-state index < -0.39 is 0 Å². The van der Waals surface area contributed by atoms with Gasteiger partial charge in [0.1, 0.15) is 0 Å². The number of rotatable bonds is 5. The van der Waals surface area contributed by atoms with E-state index in [9.17, 15) is 4.79 Å². The van der Waals surface area contributed by atoms with Crippen LogP contribution in [0.25, 0.3) is 0 Å². The summed E-state index contributed by atoms with van der Waals surface area (Å²) in [6, 6.07) is 8.91. The number of carbonyl (C=O) groups excluding carboxylic acids is 1. The highest BCUT2D eigenvalue weighted by Gasteiger charge is 2.46. The molecule has 0 N–H and O–H groups in total. The zero-order valence-electron chi connectivity index (χ0n) is 15.4. The second kappa shape index (κ2) is 7.51. The maximum atomic E-state index is 12.4. The summed E-state index contributed by atoms with van der Waals surface area (Å²) in [5.74, 6) is 1.53. The molecule has 0 aromatic heterocycles. The van der Waals surface area contributed by atoms with Crippen LogP contribution in [0.4, 0.5) is 0 Å². The van der Waals surface area contributed by atoms with Gasteiger partial charge in [0.05, 0.1) is 12.5 Å². The van der Waals surface area contributed by atoms with E-state index in [1.807, 2.05) is 0 Å². The van der Waals surface area contributed by atoms with Crippen molar-refractivity contribution in [2.24, 2.45) is 17.3 Å². The molecule has 23 heavy (non-hydrogen) atoms. The fraction of sp³-hybridized carbons (Fsp3) is 0.667. The Morgan fingerprint density at radius 1 is 1.39 bits per heavy atom. The summed E-state index contributed by atoms with van der Waals surface area (Å²) < 4.78 is 5.13. The molecule has 3 atom stereocenters. The maximum Gasteiger partial charge on any atom is 0.311 e. The highest BCUT2D eigenvalue weighted by atomic mass is 16.5. The van der Waals surface area contributed by atoms with Gasteiger partial charge in [-0.3, -0.25) is 4.79 Å². The lowest BCUT2D eigenvalue weighted by molar-refractivity contribution is -0.159.